The highest BCUT2D eigenvalue weighted by Gasteiger charge is 2.04. The van der Waals surface area contributed by atoms with Crippen molar-refractivity contribution in [2.75, 3.05) is 0 Å². The maximum Gasteiger partial charge on any atom is 0.159 e. The van der Waals surface area contributed by atoms with Gasteiger partial charge in [-0.15, -0.1) is 0 Å². The first-order valence-corrected chi connectivity index (χ1v) is 5.61. The standard InChI is InChI=1S/C14H20O/c1-10(2)5-7-13-9-14(12(4)15)8-6-11(13)3/h6,8-10H,5,7H2,1-4H3. The number of benzene rings is 1. The molecule has 0 heterocycles. The largest absolute Gasteiger partial charge is 0.295 e. The van der Waals surface area contributed by atoms with Gasteiger partial charge < -0.3 is 0 Å². The van der Waals surface area contributed by atoms with Crippen LogP contribution in [-0.2, 0) is 6.42 Å². The van der Waals surface area contributed by atoms with Gasteiger partial charge >= 0.3 is 0 Å². The van der Waals surface area contributed by atoms with E-state index in [1.165, 1.54) is 17.5 Å². The van der Waals surface area contributed by atoms with Gasteiger partial charge in [-0.3, -0.25) is 4.79 Å². The molecule has 15 heavy (non-hydrogen) atoms. The van der Waals surface area contributed by atoms with Crippen LogP contribution < -0.4 is 0 Å². The zero-order valence-electron chi connectivity index (χ0n) is 10.1. The molecule has 0 fully saturated rings. The SMILES string of the molecule is CC(=O)c1ccc(C)c(CCC(C)C)c1. The molecule has 0 bridgehead atoms. The third-order valence-corrected chi connectivity index (χ3v) is 2.75. The summed E-state index contributed by atoms with van der Waals surface area (Å²) in [7, 11) is 0. The molecule has 0 aromatic heterocycles. The van der Waals surface area contributed by atoms with Gasteiger partial charge in [-0.25, -0.2) is 0 Å². The monoisotopic (exact) mass is 204 g/mol. The normalized spacial score (nSPS) is 10.7. The van der Waals surface area contributed by atoms with E-state index in [2.05, 4.69) is 20.8 Å². The smallest absolute Gasteiger partial charge is 0.159 e. The summed E-state index contributed by atoms with van der Waals surface area (Å²) in [5.41, 5.74) is 3.44. The topological polar surface area (TPSA) is 17.1 Å². The number of carbonyl (C=O) groups excluding carboxylic acids is 1. The number of hydrogen-bond acceptors (Lipinski definition) is 1. The van der Waals surface area contributed by atoms with Crippen molar-refractivity contribution in [3.63, 3.8) is 0 Å². The van der Waals surface area contributed by atoms with Crippen LogP contribution in [0.15, 0.2) is 18.2 Å². The average Bonchev–Trinajstić information content (AvgIpc) is 2.16. The molecule has 1 nitrogen and oxygen atoms in total. The molecule has 0 spiro atoms. The summed E-state index contributed by atoms with van der Waals surface area (Å²) in [5, 5.41) is 0. The number of rotatable bonds is 4. The van der Waals surface area contributed by atoms with Crippen LogP contribution >= 0.6 is 0 Å². The molecule has 0 unspecified atom stereocenters. The third-order valence-electron chi connectivity index (χ3n) is 2.75. The second-order valence-electron chi connectivity index (χ2n) is 4.63. The molecule has 0 saturated heterocycles. The van der Waals surface area contributed by atoms with Crippen molar-refractivity contribution >= 4 is 5.78 Å². The van der Waals surface area contributed by atoms with Crippen LogP contribution in [0.1, 0.15) is 48.7 Å². The Morgan fingerprint density at radius 2 is 2.00 bits per heavy atom. The Morgan fingerprint density at radius 1 is 1.33 bits per heavy atom. The predicted molar refractivity (Wildman–Crippen MR) is 64.3 cm³/mol. The summed E-state index contributed by atoms with van der Waals surface area (Å²) in [4.78, 5) is 11.2. The van der Waals surface area contributed by atoms with Crippen LogP contribution in [0.5, 0.6) is 0 Å². The Balaban J connectivity index is 2.85. The molecule has 1 rings (SSSR count). The Hall–Kier alpha value is -1.11. The number of Topliss-reactive ketones (excluding diaryl/α,β-unsaturated/α-hetero) is 1. The third kappa shape index (κ3) is 3.50. The molecule has 0 aliphatic rings. The van der Waals surface area contributed by atoms with Gasteiger partial charge in [0.1, 0.15) is 0 Å². The Morgan fingerprint density at radius 3 is 2.53 bits per heavy atom. The highest BCUT2D eigenvalue weighted by molar-refractivity contribution is 5.94. The van der Waals surface area contributed by atoms with Gasteiger partial charge in [0.25, 0.3) is 0 Å². The van der Waals surface area contributed by atoms with E-state index in [9.17, 15) is 4.79 Å². The molecule has 1 heteroatoms. The van der Waals surface area contributed by atoms with Gasteiger partial charge in [0.2, 0.25) is 0 Å². The summed E-state index contributed by atoms with van der Waals surface area (Å²) < 4.78 is 0. The van der Waals surface area contributed by atoms with E-state index in [0.29, 0.717) is 5.92 Å². The van der Waals surface area contributed by atoms with Gasteiger partial charge in [0.05, 0.1) is 0 Å². The van der Waals surface area contributed by atoms with E-state index in [0.717, 1.165) is 12.0 Å². The van der Waals surface area contributed by atoms with Crippen molar-refractivity contribution in [2.45, 2.75) is 40.5 Å². The number of carbonyl (C=O) groups is 1. The molecule has 0 atom stereocenters. The molecule has 1 aromatic rings. The van der Waals surface area contributed by atoms with E-state index < -0.39 is 0 Å². The minimum absolute atomic E-state index is 0.154. The van der Waals surface area contributed by atoms with Crippen LogP contribution in [0, 0.1) is 12.8 Å². The number of hydrogen-bond donors (Lipinski definition) is 0. The van der Waals surface area contributed by atoms with E-state index in [1.54, 1.807) is 6.92 Å². The fraction of sp³-hybridized carbons (Fsp3) is 0.500. The van der Waals surface area contributed by atoms with Gasteiger partial charge in [0, 0.05) is 5.56 Å². The van der Waals surface area contributed by atoms with Gasteiger partial charge in [-0.2, -0.15) is 0 Å². The Kier molecular flexibility index (Phi) is 4.07. The Bertz CT molecular complexity index is 350. The maximum absolute atomic E-state index is 11.2. The quantitative estimate of drug-likeness (QED) is 0.682. The first-order valence-electron chi connectivity index (χ1n) is 5.61. The predicted octanol–water partition coefficient (Wildman–Crippen LogP) is 3.79. The van der Waals surface area contributed by atoms with Crippen molar-refractivity contribution < 1.29 is 4.79 Å². The zero-order valence-corrected chi connectivity index (χ0v) is 10.1. The summed E-state index contributed by atoms with van der Waals surface area (Å²) in [6.45, 7) is 8.19. The van der Waals surface area contributed by atoms with Crippen molar-refractivity contribution in [1.29, 1.82) is 0 Å². The van der Waals surface area contributed by atoms with Crippen LogP contribution in [0.25, 0.3) is 0 Å². The van der Waals surface area contributed by atoms with Crippen LogP contribution in [0.2, 0.25) is 0 Å². The second-order valence-corrected chi connectivity index (χ2v) is 4.63. The first kappa shape index (κ1) is 12.0. The van der Waals surface area contributed by atoms with Crippen LogP contribution in [-0.4, -0.2) is 5.78 Å². The summed E-state index contributed by atoms with van der Waals surface area (Å²) in [5.74, 6) is 0.867. The lowest BCUT2D eigenvalue weighted by Gasteiger charge is -2.09. The summed E-state index contributed by atoms with van der Waals surface area (Å²) in [6.07, 6.45) is 2.26. The van der Waals surface area contributed by atoms with Gasteiger partial charge in [0.15, 0.2) is 5.78 Å². The minimum Gasteiger partial charge on any atom is -0.295 e. The zero-order chi connectivity index (χ0) is 11.4. The van der Waals surface area contributed by atoms with Crippen molar-refractivity contribution in [1.82, 2.24) is 0 Å². The molecule has 82 valence electrons. The lowest BCUT2D eigenvalue weighted by molar-refractivity contribution is 0.101. The molecule has 1 aromatic carbocycles. The summed E-state index contributed by atoms with van der Waals surface area (Å²) >= 11 is 0. The second kappa shape index (κ2) is 5.11. The first-order chi connectivity index (χ1) is 7.00. The van der Waals surface area contributed by atoms with E-state index >= 15 is 0 Å². The molecule has 0 radical (unpaired) electrons. The lowest BCUT2D eigenvalue weighted by atomic mass is 9.96. The number of aryl methyl sites for hydroxylation is 2. The van der Waals surface area contributed by atoms with Crippen molar-refractivity contribution in [3.8, 4) is 0 Å². The highest BCUT2D eigenvalue weighted by Crippen LogP contribution is 2.16. The summed E-state index contributed by atoms with van der Waals surface area (Å²) in [6, 6.07) is 6.00. The molecule has 0 N–H and O–H groups in total. The minimum atomic E-state index is 0.154. The van der Waals surface area contributed by atoms with E-state index in [4.69, 9.17) is 0 Å². The van der Waals surface area contributed by atoms with Gasteiger partial charge in [-0.05, 0) is 49.8 Å². The highest BCUT2D eigenvalue weighted by atomic mass is 16.1. The molecule has 0 aliphatic heterocycles. The molecule has 0 amide bonds. The molecular weight excluding hydrogens is 184 g/mol. The fourth-order valence-electron chi connectivity index (χ4n) is 1.60. The van der Waals surface area contributed by atoms with Gasteiger partial charge in [-0.1, -0.05) is 26.0 Å². The Labute approximate surface area is 92.5 Å². The van der Waals surface area contributed by atoms with Crippen LogP contribution in [0.3, 0.4) is 0 Å². The fourth-order valence-corrected chi connectivity index (χ4v) is 1.60. The van der Waals surface area contributed by atoms with E-state index in [1.807, 2.05) is 18.2 Å². The number of ketones is 1. The molecule has 0 aliphatic carbocycles. The van der Waals surface area contributed by atoms with E-state index in [-0.39, 0.29) is 5.78 Å². The van der Waals surface area contributed by atoms with Crippen molar-refractivity contribution in [2.24, 2.45) is 5.92 Å². The van der Waals surface area contributed by atoms with Crippen molar-refractivity contribution in [3.05, 3.63) is 34.9 Å². The maximum atomic E-state index is 11.2. The van der Waals surface area contributed by atoms with Crippen LogP contribution in [0.4, 0.5) is 0 Å². The lowest BCUT2D eigenvalue weighted by Crippen LogP contribution is -1.99. The molecular formula is C14H20O. The average molecular weight is 204 g/mol. The molecule has 0 saturated carbocycles.